The van der Waals surface area contributed by atoms with Gasteiger partial charge in [-0.3, -0.25) is 9.11 Å². The van der Waals surface area contributed by atoms with Crippen molar-refractivity contribution in [2.75, 3.05) is 25.9 Å². The molecule has 108 valence electrons. The first-order valence-electron chi connectivity index (χ1n) is 7.23. The standard InChI is InChI=1S/C14H30N2OS/c1-6-13-10-15-14(4,7-2)11-16(13)9-8-12(3)18(5)17/h12-13,15H,6-11H2,1-5H3. The molecule has 0 amide bonds. The van der Waals surface area contributed by atoms with Crippen molar-refractivity contribution in [1.29, 1.82) is 0 Å². The van der Waals surface area contributed by atoms with Crippen LogP contribution in [0.4, 0.5) is 0 Å². The Morgan fingerprint density at radius 2 is 2.17 bits per heavy atom. The van der Waals surface area contributed by atoms with Crippen LogP contribution in [-0.4, -0.2) is 51.8 Å². The number of hydrogen-bond acceptors (Lipinski definition) is 3. The molecule has 1 aliphatic heterocycles. The summed E-state index contributed by atoms with van der Waals surface area (Å²) in [6.45, 7) is 12.2. The molecule has 18 heavy (non-hydrogen) atoms. The fourth-order valence-electron chi connectivity index (χ4n) is 2.54. The second-order valence-electron chi connectivity index (χ2n) is 5.93. The molecule has 4 atom stereocenters. The van der Waals surface area contributed by atoms with Crippen molar-refractivity contribution < 1.29 is 4.21 Å². The first-order chi connectivity index (χ1) is 8.41. The first-order valence-corrected chi connectivity index (χ1v) is 8.85. The fourth-order valence-corrected chi connectivity index (χ4v) is 2.98. The highest BCUT2D eigenvalue weighted by Crippen LogP contribution is 2.21. The van der Waals surface area contributed by atoms with Gasteiger partial charge in [-0.2, -0.15) is 0 Å². The van der Waals surface area contributed by atoms with Crippen molar-refractivity contribution in [3.63, 3.8) is 0 Å². The summed E-state index contributed by atoms with van der Waals surface area (Å²) in [6.07, 6.45) is 5.21. The van der Waals surface area contributed by atoms with Gasteiger partial charge in [0.1, 0.15) is 0 Å². The summed E-state index contributed by atoms with van der Waals surface area (Å²) in [5, 5.41) is 4.00. The summed E-state index contributed by atoms with van der Waals surface area (Å²) in [5.74, 6) is 0. The van der Waals surface area contributed by atoms with E-state index in [1.54, 1.807) is 0 Å². The third kappa shape index (κ3) is 4.32. The van der Waals surface area contributed by atoms with Gasteiger partial charge in [0.05, 0.1) is 0 Å². The molecular formula is C14H30N2OS. The quantitative estimate of drug-likeness (QED) is 0.804. The van der Waals surface area contributed by atoms with E-state index in [0.717, 1.165) is 32.5 Å². The number of piperazine rings is 1. The molecular weight excluding hydrogens is 244 g/mol. The molecule has 3 nitrogen and oxygen atoms in total. The van der Waals surface area contributed by atoms with Crippen LogP contribution in [0.25, 0.3) is 0 Å². The van der Waals surface area contributed by atoms with Gasteiger partial charge in [-0.15, -0.1) is 0 Å². The van der Waals surface area contributed by atoms with Gasteiger partial charge < -0.3 is 5.32 Å². The normalized spacial score (nSPS) is 33.3. The van der Waals surface area contributed by atoms with Crippen molar-refractivity contribution >= 4 is 10.8 Å². The number of hydrogen-bond donors (Lipinski definition) is 1. The number of nitrogens with one attached hydrogen (secondary N) is 1. The molecule has 4 unspecified atom stereocenters. The summed E-state index contributed by atoms with van der Waals surface area (Å²) in [6, 6.07) is 0.641. The Morgan fingerprint density at radius 3 is 2.67 bits per heavy atom. The summed E-state index contributed by atoms with van der Waals surface area (Å²) in [4.78, 5) is 2.60. The minimum Gasteiger partial charge on any atom is -0.309 e. The fraction of sp³-hybridized carbons (Fsp3) is 1.00. The van der Waals surface area contributed by atoms with Crippen molar-refractivity contribution in [1.82, 2.24) is 10.2 Å². The van der Waals surface area contributed by atoms with Gasteiger partial charge in [0.2, 0.25) is 0 Å². The molecule has 1 rings (SSSR count). The molecule has 0 bridgehead atoms. The van der Waals surface area contributed by atoms with E-state index in [1.165, 1.54) is 6.42 Å². The molecule has 0 aromatic heterocycles. The van der Waals surface area contributed by atoms with E-state index in [2.05, 4.69) is 37.9 Å². The van der Waals surface area contributed by atoms with E-state index in [-0.39, 0.29) is 5.54 Å². The van der Waals surface area contributed by atoms with Gasteiger partial charge in [0, 0.05) is 47.0 Å². The van der Waals surface area contributed by atoms with E-state index in [1.807, 2.05) is 6.26 Å². The predicted octanol–water partition coefficient (Wildman–Crippen LogP) is 2.00. The summed E-state index contributed by atoms with van der Waals surface area (Å²) in [5.41, 5.74) is 0.250. The van der Waals surface area contributed by atoms with Crippen LogP contribution in [-0.2, 0) is 10.8 Å². The Balaban J connectivity index is 2.55. The Morgan fingerprint density at radius 1 is 1.50 bits per heavy atom. The van der Waals surface area contributed by atoms with Crippen LogP contribution >= 0.6 is 0 Å². The van der Waals surface area contributed by atoms with Gasteiger partial charge in [-0.1, -0.05) is 20.8 Å². The molecule has 1 fully saturated rings. The molecule has 1 heterocycles. The second kappa shape index (κ2) is 7.01. The van der Waals surface area contributed by atoms with Crippen molar-refractivity contribution in [3.05, 3.63) is 0 Å². The lowest BCUT2D eigenvalue weighted by molar-refractivity contribution is 0.0811. The van der Waals surface area contributed by atoms with Crippen LogP contribution in [0.3, 0.4) is 0 Å². The zero-order chi connectivity index (χ0) is 13.8. The minimum atomic E-state index is -0.691. The smallest absolute Gasteiger partial charge is 0.0329 e. The average Bonchev–Trinajstić information content (AvgIpc) is 2.36. The van der Waals surface area contributed by atoms with Crippen LogP contribution in [0.15, 0.2) is 0 Å². The molecule has 0 saturated carbocycles. The lowest BCUT2D eigenvalue weighted by Gasteiger charge is -2.46. The maximum atomic E-state index is 11.4. The topological polar surface area (TPSA) is 32.3 Å². The van der Waals surface area contributed by atoms with E-state index in [0.29, 0.717) is 11.3 Å². The number of nitrogens with zero attached hydrogens (tertiary/aromatic N) is 1. The zero-order valence-electron chi connectivity index (χ0n) is 12.7. The molecule has 1 N–H and O–H groups in total. The van der Waals surface area contributed by atoms with Crippen molar-refractivity contribution in [2.45, 2.75) is 63.8 Å². The van der Waals surface area contributed by atoms with Crippen molar-refractivity contribution in [2.24, 2.45) is 0 Å². The second-order valence-corrected chi connectivity index (χ2v) is 7.73. The highest BCUT2D eigenvalue weighted by atomic mass is 32.2. The third-order valence-corrected chi connectivity index (χ3v) is 5.84. The molecule has 0 radical (unpaired) electrons. The van der Waals surface area contributed by atoms with Crippen LogP contribution in [0.5, 0.6) is 0 Å². The Kier molecular flexibility index (Phi) is 6.28. The Labute approximate surface area is 115 Å². The van der Waals surface area contributed by atoms with Gasteiger partial charge in [-0.05, 0) is 32.7 Å². The molecule has 0 spiro atoms. The van der Waals surface area contributed by atoms with Crippen molar-refractivity contribution in [3.8, 4) is 0 Å². The van der Waals surface area contributed by atoms with Crippen LogP contribution in [0.2, 0.25) is 0 Å². The molecule has 1 aliphatic rings. The summed E-state index contributed by atoms with van der Waals surface area (Å²) < 4.78 is 11.4. The molecule has 1 saturated heterocycles. The molecule has 4 heteroatoms. The largest absolute Gasteiger partial charge is 0.309 e. The lowest BCUT2D eigenvalue weighted by Crippen LogP contribution is -2.62. The molecule has 0 aromatic rings. The van der Waals surface area contributed by atoms with Crippen LogP contribution < -0.4 is 5.32 Å². The highest BCUT2D eigenvalue weighted by molar-refractivity contribution is 7.84. The third-order valence-electron chi connectivity index (χ3n) is 4.47. The van der Waals surface area contributed by atoms with Crippen LogP contribution in [0, 0.1) is 0 Å². The maximum absolute atomic E-state index is 11.4. The van der Waals surface area contributed by atoms with E-state index in [4.69, 9.17) is 0 Å². The molecule has 0 aliphatic carbocycles. The Hall–Kier alpha value is 0.0700. The lowest BCUT2D eigenvalue weighted by atomic mass is 9.92. The van der Waals surface area contributed by atoms with E-state index in [9.17, 15) is 4.21 Å². The monoisotopic (exact) mass is 274 g/mol. The zero-order valence-corrected chi connectivity index (χ0v) is 13.5. The van der Waals surface area contributed by atoms with E-state index >= 15 is 0 Å². The van der Waals surface area contributed by atoms with Gasteiger partial charge in [-0.25, -0.2) is 0 Å². The minimum absolute atomic E-state index is 0.250. The number of rotatable bonds is 6. The summed E-state index contributed by atoms with van der Waals surface area (Å²) >= 11 is 0. The predicted molar refractivity (Wildman–Crippen MR) is 80.5 cm³/mol. The highest BCUT2D eigenvalue weighted by Gasteiger charge is 2.33. The van der Waals surface area contributed by atoms with Crippen LogP contribution in [0.1, 0.15) is 47.0 Å². The van der Waals surface area contributed by atoms with Gasteiger partial charge in [0.25, 0.3) is 0 Å². The van der Waals surface area contributed by atoms with Gasteiger partial charge >= 0.3 is 0 Å². The first kappa shape index (κ1) is 16.1. The van der Waals surface area contributed by atoms with E-state index < -0.39 is 10.8 Å². The SMILES string of the molecule is CCC1CNC(C)(CC)CN1CCC(C)S(C)=O. The van der Waals surface area contributed by atoms with Gasteiger partial charge in [0.15, 0.2) is 0 Å². The molecule has 0 aromatic carbocycles. The maximum Gasteiger partial charge on any atom is 0.0329 e. The average molecular weight is 274 g/mol. The Bertz CT molecular complexity index is 285. The summed E-state index contributed by atoms with van der Waals surface area (Å²) in [7, 11) is -0.691.